The second kappa shape index (κ2) is 9.96. The first-order chi connectivity index (χ1) is 14.4. The number of carbonyl (C=O) groups is 1. The third-order valence-corrected chi connectivity index (χ3v) is 6.74. The summed E-state index contributed by atoms with van der Waals surface area (Å²) in [6, 6.07) is 13.4. The number of non-ortho nitro benzene ring substituents is 1. The molecule has 0 radical (unpaired) electrons. The summed E-state index contributed by atoms with van der Waals surface area (Å²) >= 11 is -0.644. The van der Waals surface area contributed by atoms with Gasteiger partial charge in [-0.05, 0) is 23.1 Å². The molecule has 0 aromatic heterocycles. The normalized spacial score (nSPS) is 19.8. The van der Waals surface area contributed by atoms with Crippen LogP contribution in [0.2, 0.25) is 0 Å². The lowest BCUT2D eigenvalue weighted by Crippen LogP contribution is -2.39. The second-order valence-corrected chi connectivity index (χ2v) is 8.93. The van der Waals surface area contributed by atoms with Crippen LogP contribution in [-0.4, -0.2) is 41.3 Å². The lowest BCUT2D eigenvalue weighted by Gasteiger charge is -2.34. The maximum Gasteiger partial charge on any atom is 0.269 e. The Morgan fingerprint density at radius 2 is 1.80 bits per heavy atom. The highest BCUT2D eigenvalue weighted by atomic mass is 32.2. The number of hydrazone groups is 1. The molecule has 3 rings (SSSR count). The van der Waals surface area contributed by atoms with Crippen LogP contribution in [0.5, 0.6) is 0 Å². The van der Waals surface area contributed by atoms with Gasteiger partial charge in [0.15, 0.2) is 6.29 Å². The monoisotopic (exact) mass is 446 g/mol. The van der Waals surface area contributed by atoms with E-state index in [1.807, 2.05) is 19.1 Å². The summed E-state index contributed by atoms with van der Waals surface area (Å²) in [6.07, 6.45) is 1.64. The number of benzene rings is 2. The first-order valence-corrected chi connectivity index (χ1v) is 11.4. The maximum absolute atomic E-state index is 11.7. The highest BCUT2D eigenvalue weighted by Crippen LogP contribution is 2.32. The number of thioether (sulfide) groups is 1. The van der Waals surface area contributed by atoms with Crippen LogP contribution in [-0.2, 0) is 28.2 Å². The molecule has 0 saturated carbocycles. The second-order valence-electron chi connectivity index (χ2n) is 6.71. The number of aldehydes is 1. The largest absolute Gasteiger partial charge is 0.772 e. The summed E-state index contributed by atoms with van der Waals surface area (Å²) in [5.41, 5.74) is 3.19. The van der Waals surface area contributed by atoms with Crippen LogP contribution in [0.1, 0.15) is 30.0 Å². The van der Waals surface area contributed by atoms with Crippen molar-refractivity contribution in [2.75, 3.05) is 0 Å². The Morgan fingerprint density at radius 3 is 2.33 bits per heavy atom. The van der Waals surface area contributed by atoms with Gasteiger partial charge in [0.05, 0.1) is 22.4 Å². The van der Waals surface area contributed by atoms with Gasteiger partial charge in [-0.25, -0.2) is 0 Å². The van der Waals surface area contributed by atoms with E-state index in [-0.39, 0.29) is 16.7 Å². The molecule has 1 heterocycles. The van der Waals surface area contributed by atoms with E-state index in [9.17, 15) is 23.7 Å². The molecule has 0 saturated heterocycles. The predicted molar refractivity (Wildman–Crippen MR) is 116 cm³/mol. The van der Waals surface area contributed by atoms with Gasteiger partial charge in [0.2, 0.25) is 0 Å². The molecule has 3 atom stereocenters. The minimum atomic E-state index is -2.15. The molecule has 10 heteroatoms. The van der Waals surface area contributed by atoms with Crippen molar-refractivity contribution in [1.82, 2.24) is 5.01 Å². The van der Waals surface area contributed by atoms with E-state index < -0.39 is 21.4 Å². The Balaban J connectivity index is 1.88. The Morgan fingerprint density at radius 1 is 1.17 bits per heavy atom. The van der Waals surface area contributed by atoms with E-state index in [1.165, 1.54) is 23.9 Å². The number of nitro benzene ring substituents is 1. The SMILES string of the molecule is CCC1SC(C=O)N(Cc2ccc([N+](=O)[O-])cc2)N=C1c1ccc(CS(=O)[O-])cc1. The van der Waals surface area contributed by atoms with Gasteiger partial charge in [0, 0.05) is 17.9 Å². The molecule has 0 aliphatic carbocycles. The third-order valence-electron chi connectivity index (χ3n) is 4.65. The van der Waals surface area contributed by atoms with Gasteiger partial charge in [0.1, 0.15) is 5.37 Å². The minimum absolute atomic E-state index is 0.00745. The Kier molecular flexibility index (Phi) is 7.35. The first kappa shape index (κ1) is 22.1. The quantitative estimate of drug-likeness (QED) is 0.264. The van der Waals surface area contributed by atoms with Crippen molar-refractivity contribution in [2.45, 2.75) is 36.3 Å². The molecule has 0 amide bonds. The van der Waals surface area contributed by atoms with Gasteiger partial charge in [-0.2, -0.15) is 5.10 Å². The summed E-state index contributed by atoms with van der Waals surface area (Å²) in [4.78, 5) is 22.1. The Hall–Kier alpha value is -2.56. The number of nitro groups is 1. The van der Waals surface area contributed by atoms with Crippen LogP contribution in [0, 0.1) is 10.1 Å². The molecular formula is C20H20N3O5S2-. The zero-order valence-corrected chi connectivity index (χ0v) is 17.8. The third kappa shape index (κ3) is 5.32. The van der Waals surface area contributed by atoms with Crippen molar-refractivity contribution >= 4 is 40.5 Å². The standard InChI is InChI=1S/C20H21N3O5S2/c1-2-18-20(16-7-3-15(4-8-16)13-30(27)28)21-22(19(12-24)29-18)11-14-5-9-17(10-6-14)23(25)26/h3-10,12,18-19H,2,11,13H2,1H3,(H,27,28)/p-1. The zero-order valence-electron chi connectivity index (χ0n) is 16.2. The van der Waals surface area contributed by atoms with E-state index in [0.29, 0.717) is 12.1 Å². The van der Waals surface area contributed by atoms with Crippen molar-refractivity contribution in [3.63, 3.8) is 0 Å². The fourth-order valence-corrected chi connectivity index (χ4v) is 4.77. The van der Waals surface area contributed by atoms with Crippen LogP contribution < -0.4 is 0 Å². The summed E-state index contributed by atoms with van der Waals surface area (Å²) in [5, 5.41) is 16.8. The molecule has 2 aromatic carbocycles. The molecule has 0 N–H and O–H groups in total. The van der Waals surface area contributed by atoms with Crippen molar-refractivity contribution in [3.05, 3.63) is 75.3 Å². The molecule has 2 aromatic rings. The van der Waals surface area contributed by atoms with Crippen LogP contribution in [0.25, 0.3) is 0 Å². The fraction of sp³-hybridized carbons (Fsp3) is 0.300. The van der Waals surface area contributed by atoms with E-state index in [4.69, 9.17) is 5.10 Å². The number of nitrogens with zero attached hydrogens (tertiary/aromatic N) is 3. The van der Waals surface area contributed by atoms with Crippen molar-refractivity contribution in [2.24, 2.45) is 5.10 Å². The molecule has 1 aliphatic rings. The van der Waals surface area contributed by atoms with E-state index in [1.54, 1.807) is 29.3 Å². The lowest BCUT2D eigenvalue weighted by atomic mass is 10.0. The van der Waals surface area contributed by atoms with Crippen LogP contribution in [0.15, 0.2) is 53.6 Å². The summed E-state index contributed by atoms with van der Waals surface area (Å²) < 4.78 is 21.8. The van der Waals surface area contributed by atoms with Crippen LogP contribution in [0.3, 0.4) is 0 Å². The summed E-state index contributed by atoms with van der Waals surface area (Å²) in [7, 11) is 0. The predicted octanol–water partition coefficient (Wildman–Crippen LogP) is 3.23. The van der Waals surface area contributed by atoms with Crippen LogP contribution >= 0.6 is 11.8 Å². The summed E-state index contributed by atoms with van der Waals surface area (Å²) in [6.45, 7) is 2.36. The molecular weight excluding hydrogens is 426 g/mol. The van der Waals surface area contributed by atoms with Gasteiger partial charge in [-0.15, -0.1) is 11.8 Å². The van der Waals surface area contributed by atoms with Crippen LogP contribution in [0.4, 0.5) is 5.69 Å². The van der Waals surface area contributed by atoms with Gasteiger partial charge < -0.3 is 9.35 Å². The smallest absolute Gasteiger partial charge is 0.269 e. The van der Waals surface area contributed by atoms with Gasteiger partial charge >= 0.3 is 0 Å². The van der Waals surface area contributed by atoms with E-state index in [2.05, 4.69) is 0 Å². The fourth-order valence-electron chi connectivity index (χ4n) is 3.14. The van der Waals surface area contributed by atoms with E-state index in [0.717, 1.165) is 29.5 Å². The van der Waals surface area contributed by atoms with Crippen molar-refractivity contribution in [1.29, 1.82) is 0 Å². The number of carbonyl (C=O) groups excluding carboxylic acids is 1. The molecule has 0 spiro atoms. The highest BCUT2D eigenvalue weighted by molar-refractivity contribution is 8.01. The van der Waals surface area contributed by atoms with Crippen molar-refractivity contribution in [3.8, 4) is 0 Å². The van der Waals surface area contributed by atoms with Crippen molar-refractivity contribution < 1.29 is 18.5 Å². The lowest BCUT2D eigenvalue weighted by molar-refractivity contribution is -0.384. The summed E-state index contributed by atoms with van der Waals surface area (Å²) in [5.74, 6) is -0.0435. The average Bonchev–Trinajstić information content (AvgIpc) is 2.74. The average molecular weight is 447 g/mol. The Bertz CT molecular complexity index is 963. The highest BCUT2D eigenvalue weighted by Gasteiger charge is 2.31. The maximum atomic E-state index is 11.7. The topological polar surface area (TPSA) is 116 Å². The molecule has 3 unspecified atom stereocenters. The van der Waals surface area contributed by atoms with E-state index >= 15 is 0 Å². The van der Waals surface area contributed by atoms with Gasteiger partial charge in [-0.1, -0.05) is 54.4 Å². The first-order valence-electron chi connectivity index (χ1n) is 9.25. The molecule has 30 heavy (non-hydrogen) atoms. The minimum Gasteiger partial charge on any atom is -0.772 e. The van der Waals surface area contributed by atoms with Gasteiger partial charge in [-0.3, -0.25) is 19.3 Å². The number of rotatable bonds is 8. The number of hydrogen-bond acceptors (Lipinski definition) is 8. The zero-order chi connectivity index (χ0) is 21.7. The van der Waals surface area contributed by atoms with Gasteiger partial charge in [0.25, 0.3) is 5.69 Å². The number of hydrogen-bond donors (Lipinski definition) is 0. The molecule has 1 aliphatic heterocycles. The molecule has 8 nitrogen and oxygen atoms in total. The molecule has 158 valence electrons. The molecule has 0 fully saturated rings. The molecule has 0 bridgehead atoms. The Labute approximate surface area is 180 Å².